The van der Waals surface area contributed by atoms with Gasteiger partial charge in [-0.05, 0) is 39.0 Å². The summed E-state index contributed by atoms with van der Waals surface area (Å²) in [7, 11) is 1.46. The van der Waals surface area contributed by atoms with Gasteiger partial charge in [-0.2, -0.15) is 0 Å². The van der Waals surface area contributed by atoms with Crippen LogP contribution in [0, 0.1) is 0 Å². The lowest BCUT2D eigenvalue weighted by Gasteiger charge is -2.20. The zero-order valence-electron chi connectivity index (χ0n) is 12.1. The fourth-order valence-electron chi connectivity index (χ4n) is 1.48. The van der Waals surface area contributed by atoms with Gasteiger partial charge in [0.2, 0.25) is 5.91 Å². The first-order chi connectivity index (χ1) is 9.23. The van der Waals surface area contributed by atoms with Crippen molar-refractivity contribution in [2.24, 2.45) is 0 Å². The van der Waals surface area contributed by atoms with Crippen molar-refractivity contribution in [3.05, 3.63) is 23.8 Å². The predicted molar refractivity (Wildman–Crippen MR) is 76.3 cm³/mol. The summed E-state index contributed by atoms with van der Waals surface area (Å²) in [5.74, 6) is -0.907. The fourth-order valence-corrected chi connectivity index (χ4v) is 1.48. The van der Waals surface area contributed by atoms with Crippen LogP contribution in [-0.2, 0) is 4.79 Å². The van der Waals surface area contributed by atoms with Crippen molar-refractivity contribution in [3.8, 4) is 5.75 Å². The normalized spacial score (nSPS) is 11.0. The van der Waals surface area contributed by atoms with E-state index in [4.69, 9.17) is 9.84 Å². The molecule has 0 aromatic heterocycles. The Morgan fingerprint density at radius 1 is 1.30 bits per heavy atom. The third-order valence-corrected chi connectivity index (χ3v) is 2.50. The summed E-state index contributed by atoms with van der Waals surface area (Å²) in [4.78, 5) is 22.8. The van der Waals surface area contributed by atoms with Gasteiger partial charge in [-0.15, -0.1) is 0 Å². The smallest absolute Gasteiger partial charge is 0.335 e. The molecule has 0 unspecified atom stereocenters. The van der Waals surface area contributed by atoms with Gasteiger partial charge in [0, 0.05) is 5.54 Å². The number of nitrogens with one attached hydrogen (secondary N) is 2. The van der Waals surface area contributed by atoms with E-state index < -0.39 is 5.97 Å². The highest BCUT2D eigenvalue weighted by Gasteiger charge is 2.14. The number of hydrogen-bond donors (Lipinski definition) is 3. The Morgan fingerprint density at radius 3 is 2.45 bits per heavy atom. The van der Waals surface area contributed by atoms with Crippen LogP contribution in [0.25, 0.3) is 0 Å². The molecule has 1 aromatic rings. The first kappa shape index (κ1) is 16.0. The highest BCUT2D eigenvalue weighted by molar-refractivity contribution is 5.96. The number of aromatic carboxylic acids is 1. The third-order valence-electron chi connectivity index (χ3n) is 2.50. The molecule has 20 heavy (non-hydrogen) atoms. The maximum Gasteiger partial charge on any atom is 0.335 e. The van der Waals surface area contributed by atoms with Crippen molar-refractivity contribution in [2.75, 3.05) is 19.0 Å². The molecular formula is C14H20N2O4. The lowest BCUT2D eigenvalue weighted by Crippen LogP contribution is -2.41. The van der Waals surface area contributed by atoms with E-state index in [0.717, 1.165) is 0 Å². The summed E-state index contributed by atoms with van der Waals surface area (Å²) in [6.07, 6.45) is 0. The highest BCUT2D eigenvalue weighted by atomic mass is 16.5. The zero-order valence-corrected chi connectivity index (χ0v) is 12.1. The van der Waals surface area contributed by atoms with Crippen molar-refractivity contribution in [2.45, 2.75) is 26.3 Å². The van der Waals surface area contributed by atoms with E-state index in [1.54, 1.807) is 0 Å². The Bertz CT molecular complexity index is 506. The standard InChI is InChI=1S/C14H20N2O4/c1-14(2,3)15-8-12(17)16-10-7-9(13(18)19)5-6-11(10)20-4/h5-7,15H,8H2,1-4H3,(H,16,17)(H,18,19). The van der Waals surface area contributed by atoms with Gasteiger partial charge in [0.1, 0.15) is 5.75 Å². The van der Waals surface area contributed by atoms with Crippen LogP contribution < -0.4 is 15.4 Å². The molecule has 0 saturated heterocycles. The number of carbonyl (C=O) groups excluding carboxylic acids is 1. The molecule has 1 amide bonds. The molecule has 1 aromatic carbocycles. The summed E-state index contributed by atoms with van der Waals surface area (Å²) < 4.78 is 5.10. The lowest BCUT2D eigenvalue weighted by atomic mass is 10.1. The van der Waals surface area contributed by atoms with Crippen LogP contribution in [0.1, 0.15) is 31.1 Å². The quantitative estimate of drug-likeness (QED) is 0.764. The van der Waals surface area contributed by atoms with Crippen LogP contribution in [-0.4, -0.2) is 36.2 Å². The molecule has 110 valence electrons. The zero-order chi connectivity index (χ0) is 15.3. The van der Waals surface area contributed by atoms with Gasteiger partial charge < -0.3 is 20.5 Å². The SMILES string of the molecule is COc1ccc(C(=O)O)cc1NC(=O)CNC(C)(C)C. The van der Waals surface area contributed by atoms with Crippen molar-refractivity contribution in [1.82, 2.24) is 5.32 Å². The van der Waals surface area contributed by atoms with Gasteiger partial charge in [-0.1, -0.05) is 0 Å². The maximum absolute atomic E-state index is 11.8. The number of methoxy groups -OCH3 is 1. The third kappa shape index (κ3) is 4.89. The van der Waals surface area contributed by atoms with Crippen molar-refractivity contribution in [3.63, 3.8) is 0 Å². The molecule has 3 N–H and O–H groups in total. The molecule has 6 heteroatoms. The number of ether oxygens (including phenoxy) is 1. The monoisotopic (exact) mass is 280 g/mol. The molecule has 0 heterocycles. The van der Waals surface area contributed by atoms with E-state index in [0.29, 0.717) is 11.4 Å². The van der Waals surface area contributed by atoms with Gasteiger partial charge in [-0.25, -0.2) is 4.79 Å². The Hall–Kier alpha value is -2.08. The Kier molecular flexibility index (Phi) is 5.10. The number of carboxylic acid groups (broad SMARTS) is 1. The second-order valence-corrected chi connectivity index (χ2v) is 5.37. The Balaban J connectivity index is 2.82. The number of amides is 1. The van der Waals surface area contributed by atoms with Crippen LogP contribution in [0.2, 0.25) is 0 Å². The number of hydrogen-bond acceptors (Lipinski definition) is 4. The predicted octanol–water partition coefficient (Wildman–Crippen LogP) is 1.72. The average molecular weight is 280 g/mol. The molecule has 0 aliphatic rings. The first-order valence-corrected chi connectivity index (χ1v) is 6.19. The van der Waals surface area contributed by atoms with Crippen LogP contribution in [0.4, 0.5) is 5.69 Å². The largest absolute Gasteiger partial charge is 0.495 e. The minimum atomic E-state index is -1.06. The highest BCUT2D eigenvalue weighted by Crippen LogP contribution is 2.25. The van der Waals surface area contributed by atoms with Gasteiger partial charge in [0.25, 0.3) is 0 Å². The van der Waals surface area contributed by atoms with Crippen LogP contribution in [0.3, 0.4) is 0 Å². The van der Waals surface area contributed by atoms with Gasteiger partial charge >= 0.3 is 5.97 Å². The summed E-state index contributed by atoms with van der Waals surface area (Å²) in [5, 5.41) is 14.6. The van der Waals surface area contributed by atoms with E-state index in [2.05, 4.69) is 10.6 Å². The van der Waals surface area contributed by atoms with Crippen molar-refractivity contribution < 1.29 is 19.4 Å². The fraction of sp³-hybridized carbons (Fsp3) is 0.429. The van der Waals surface area contributed by atoms with Crippen LogP contribution >= 0.6 is 0 Å². The summed E-state index contributed by atoms with van der Waals surface area (Å²) >= 11 is 0. The molecule has 0 bridgehead atoms. The van der Waals surface area contributed by atoms with E-state index in [9.17, 15) is 9.59 Å². The van der Waals surface area contributed by atoms with E-state index in [1.165, 1.54) is 25.3 Å². The summed E-state index contributed by atoms with van der Waals surface area (Å²) in [6, 6.07) is 4.30. The summed E-state index contributed by atoms with van der Waals surface area (Å²) in [5.41, 5.74) is 0.252. The van der Waals surface area contributed by atoms with Gasteiger partial charge in [0.05, 0.1) is 24.9 Å². The summed E-state index contributed by atoms with van der Waals surface area (Å²) in [6.45, 7) is 5.98. The van der Waals surface area contributed by atoms with Gasteiger partial charge in [0.15, 0.2) is 0 Å². The molecule has 0 aliphatic carbocycles. The van der Waals surface area contributed by atoms with E-state index in [-0.39, 0.29) is 23.6 Å². The molecule has 0 radical (unpaired) electrons. The van der Waals surface area contributed by atoms with Crippen LogP contribution in [0.15, 0.2) is 18.2 Å². The minimum Gasteiger partial charge on any atom is -0.495 e. The molecule has 1 rings (SSSR count). The average Bonchev–Trinajstić information content (AvgIpc) is 2.35. The number of anilines is 1. The Morgan fingerprint density at radius 2 is 1.95 bits per heavy atom. The number of benzene rings is 1. The van der Waals surface area contributed by atoms with E-state index in [1.807, 2.05) is 20.8 Å². The Labute approximate surface area is 118 Å². The first-order valence-electron chi connectivity index (χ1n) is 6.19. The second kappa shape index (κ2) is 6.38. The molecule has 0 aliphatic heterocycles. The topological polar surface area (TPSA) is 87.7 Å². The van der Waals surface area contributed by atoms with Crippen molar-refractivity contribution in [1.29, 1.82) is 0 Å². The van der Waals surface area contributed by atoms with Gasteiger partial charge in [-0.3, -0.25) is 4.79 Å². The molecule has 0 saturated carbocycles. The molecule has 6 nitrogen and oxygen atoms in total. The number of carbonyl (C=O) groups is 2. The maximum atomic E-state index is 11.8. The molecular weight excluding hydrogens is 260 g/mol. The molecule has 0 fully saturated rings. The van der Waals surface area contributed by atoms with Crippen molar-refractivity contribution >= 4 is 17.6 Å². The molecule has 0 atom stereocenters. The second-order valence-electron chi connectivity index (χ2n) is 5.37. The van der Waals surface area contributed by atoms with Crippen LogP contribution in [0.5, 0.6) is 5.75 Å². The molecule has 0 spiro atoms. The van der Waals surface area contributed by atoms with E-state index >= 15 is 0 Å². The lowest BCUT2D eigenvalue weighted by molar-refractivity contribution is -0.115. The minimum absolute atomic E-state index is 0.0879. The number of rotatable bonds is 5. The number of carboxylic acids is 1.